The first-order chi connectivity index (χ1) is 16.5. The van der Waals surface area contributed by atoms with Gasteiger partial charge in [-0.3, -0.25) is 14.6 Å². The van der Waals surface area contributed by atoms with E-state index in [4.69, 9.17) is 4.43 Å². The number of hydrogen-bond acceptors (Lipinski definition) is 3. The fourth-order valence-corrected chi connectivity index (χ4v) is 7.43. The van der Waals surface area contributed by atoms with E-state index in [1.54, 1.807) is 4.90 Å². The van der Waals surface area contributed by atoms with Crippen molar-refractivity contribution in [3.63, 3.8) is 0 Å². The molecule has 1 aliphatic heterocycles. The molecule has 2 unspecified atom stereocenters. The molecule has 1 saturated heterocycles. The highest BCUT2D eigenvalue weighted by Crippen LogP contribution is 2.42. The number of para-hydroxylation sites is 2. The first-order valence-electron chi connectivity index (χ1n) is 12.0. The maximum atomic E-state index is 14.0. The molecule has 34 heavy (non-hydrogen) atoms. The Morgan fingerprint density at radius 2 is 1.24 bits per heavy atom. The monoisotopic (exact) mass is 472 g/mol. The predicted octanol–water partition coefficient (Wildman–Crippen LogP) is 6.92. The van der Waals surface area contributed by atoms with Crippen molar-refractivity contribution in [3.8, 4) is 0 Å². The van der Waals surface area contributed by atoms with Gasteiger partial charge in [-0.05, 0) is 48.0 Å². The van der Waals surface area contributed by atoms with Crippen LogP contribution in [0.15, 0.2) is 91.0 Å². The van der Waals surface area contributed by atoms with E-state index in [0.29, 0.717) is 11.4 Å². The number of carbonyl (C=O) groups excluding carboxylic acids is 2. The first-order valence-corrected chi connectivity index (χ1v) is 14.6. The van der Waals surface area contributed by atoms with Crippen LogP contribution in [0.25, 0.3) is 0 Å². The fourth-order valence-electron chi connectivity index (χ4n) is 4.67. The van der Waals surface area contributed by atoms with Crippen LogP contribution in [0.2, 0.25) is 18.1 Å². The number of urea groups is 1. The third-order valence-corrected chi connectivity index (χ3v) is 11.5. The summed E-state index contributed by atoms with van der Waals surface area (Å²) in [4.78, 5) is 30.6. The minimum Gasteiger partial charge on any atom is -0.403 e. The van der Waals surface area contributed by atoms with Crippen LogP contribution in [-0.2, 0) is 9.22 Å². The highest BCUT2D eigenvalue weighted by Gasteiger charge is 2.55. The summed E-state index contributed by atoms with van der Waals surface area (Å²) in [5.74, 6) is -0.261. The Morgan fingerprint density at radius 1 is 0.794 bits per heavy atom. The van der Waals surface area contributed by atoms with Gasteiger partial charge in [0.1, 0.15) is 6.04 Å². The van der Waals surface area contributed by atoms with E-state index in [-0.39, 0.29) is 11.9 Å². The van der Waals surface area contributed by atoms with E-state index in [1.165, 1.54) is 4.90 Å². The van der Waals surface area contributed by atoms with Gasteiger partial charge in [0.15, 0.2) is 14.4 Å². The van der Waals surface area contributed by atoms with Gasteiger partial charge in [0.2, 0.25) is 0 Å². The van der Waals surface area contributed by atoms with E-state index in [0.717, 1.165) is 23.7 Å². The molecular formula is C28H32N2O3Si. The molecule has 0 spiro atoms. The number of imide groups is 1. The second-order valence-electron chi connectivity index (χ2n) is 8.63. The van der Waals surface area contributed by atoms with Crippen LogP contribution in [0.5, 0.6) is 0 Å². The van der Waals surface area contributed by atoms with Crippen LogP contribution in [0.3, 0.4) is 0 Å². The van der Waals surface area contributed by atoms with Crippen molar-refractivity contribution < 1.29 is 14.0 Å². The fraction of sp³-hybridized carbons (Fsp3) is 0.286. The lowest BCUT2D eigenvalue weighted by Gasteiger charge is -2.49. The average molecular weight is 473 g/mol. The number of amides is 3. The SMILES string of the molecule is CC[Si](CC)(CC)OC1C(=O)N(C(=O)N(c2ccccc2)c2ccccc2)C1c1ccccc1. The number of β-lactam (4-membered cyclic amide) rings is 1. The lowest BCUT2D eigenvalue weighted by molar-refractivity contribution is -0.157. The smallest absolute Gasteiger partial charge is 0.336 e. The quantitative estimate of drug-likeness (QED) is 0.264. The van der Waals surface area contributed by atoms with E-state index >= 15 is 0 Å². The van der Waals surface area contributed by atoms with Crippen molar-refractivity contribution in [1.82, 2.24) is 4.90 Å². The Balaban J connectivity index is 1.74. The maximum Gasteiger partial charge on any atom is 0.336 e. The van der Waals surface area contributed by atoms with Crippen LogP contribution < -0.4 is 4.90 Å². The zero-order chi connectivity index (χ0) is 24.1. The molecule has 1 aliphatic rings. The number of likely N-dealkylation sites (tertiary alicyclic amines) is 1. The second kappa shape index (κ2) is 10.4. The van der Waals surface area contributed by atoms with Gasteiger partial charge in [-0.2, -0.15) is 0 Å². The standard InChI is InChI=1S/C28H32N2O3Si/c1-4-34(5-2,6-3)33-26-25(22-16-10-7-11-17-22)30(27(26)31)28(32)29(23-18-12-8-13-19-23)24-20-14-9-15-21-24/h7-21,25-26H,4-6H2,1-3H3. The van der Waals surface area contributed by atoms with Crippen LogP contribution >= 0.6 is 0 Å². The van der Waals surface area contributed by atoms with Crippen LogP contribution in [0.1, 0.15) is 32.4 Å². The number of benzene rings is 3. The molecule has 0 bridgehead atoms. The van der Waals surface area contributed by atoms with Crippen LogP contribution in [0, 0.1) is 0 Å². The van der Waals surface area contributed by atoms with Gasteiger partial charge in [-0.15, -0.1) is 0 Å². The Kier molecular flexibility index (Phi) is 7.29. The van der Waals surface area contributed by atoms with E-state index in [9.17, 15) is 9.59 Å². The third-order valence-electron chi connectivity index (χ3n) is 6.92. The van der Waals surface area contributed by atoms with Gasteiger partial charge >= 0.3 is 6.03 Å². The minimum atomic E-state index is -2.06. The second-order valence-corrected chi connectivity index (χ2v) is 13.4. The molecule has 5 nitrogen and oxygen atoms in total. The molecule has 0 saturated carbocycles. The minimum absolute atomic E-state index is 0.261. The van der Waals surface area contributed by atoms with Gasteiger partial charge in [0.25, 0.3) is 5.91 Å². The summed E-state index contributed by atoms with van der Waals surface area (Å²) in [5.41, 5.74) is 2.33. The molecule has 3 aromatic carbocycles. The van der Waals surface area contributed by atoms with Crippen molar-refractivity contribution in [2.24, 2.45) is 0 Å². The molecule has 0 aromatic heterocycles. The number of hydrogen-bond donors (Lipinski definition) is 0. The number of anilines is 2. The highest BCUT2D eigenvalue weighted by molar-refractivity contribution is 6.73. The van der Waals surface area contributed by atoms with Crippen LogP contribution in [-0.4, -0.2) is 31.3 Å². The molecule has 0 aliphatic carbocycles. The zero-order valence-electron chi connectivity index (χ0n) is 20.1. The third kappa shape index (κ3) is 4.43. The molecule has 176 valence electrons. The average Bonchev–Trinajstić information content (AvgIpc) is 2.90. The topological polar surface area (TPSA) is 49.9 Å². The summed E-state index contributed by atoms with van der Waals surface area (Å²) in [6.45, 7) is 6.44. The maximum absolute atomic E-state index is 14.0. The van der Waals surface area contributed by atoms with Gasteiger partial charge in [-0.1, -0.05) is 87.5 Å². The van der Waals surface area contributed by atoms with Gasteiger partial charge < -0.3 is 4.43 Å². The molecular weight excluding hydrogens is 440 g/mol. The molecule has 1 heterocycles. The number of nitrogens with zero attached hydrogens (tertiary/aromatic N) is 2. The highest BCUT2D eigenvalue weighted by atomic mass is 28.4. The van der Waals surface area contributed by atoms with Crippen molar-refractivity contribution in [3.05, 3.63) is 96.6 Å². The molecule has 0 radical (unpaired) electrons. The molecule has 2 atom stereocenters. The van der Waals surface area contributed by atoms with Crippen LogP contribution in [0.4, 0.5) is 16.2 Å². The predicted molar refractivity (Wildman–Crippen MR) is 139 cm³/mol. The molecule has 3 amide bonds. The van der Waals surface area contributed by atoms with Crippen molar-refractivity contribution in [2.45, 2.75) is 51.0 Å². The molecule has 6 heteroatoms. The lowest BCUT2D eigenvalue weighted by atomic mass is 9.91. The molecule has 4 rings (SSSR count). The lowest BCUT2D eigenvalue weighted by Crippen LogP contribution is -2.66. The molecule has 3 aromatic rings. The van der Waals surface area contributed by atoms with Crippen molar-refractivity contribution >= 4 is 31.6 Å². The molecule has 1 fully saturated rings. The molecule has 0 N–H and O–H groups in total. The summed E-state index contributed by atoms with van der Waals surface area (Å²) in [6.07, 6.45) is -0.633. The van der Waals surface area contributed by atoms with Gasteiger partial charge in [-0.25, -0.2) is 4.79 Å². The summed E-state index contributed by atoms with van der Waals surface area (Å²) >= 11 is 0. The Hall–Kier alpha value is -3.22. The first kappa shape index (κ1) is 23.9. The largest absolute Gasteiger partial charge is 0.403 e. The normalized spacial score (nSPS) is 17.9. The zero-order valence-corrected chi connectivity index (χ0v) is 21.1. The van der Waals surface area contributed by atoms with Crippen molar-refractivity contribution in [1.29, 1.82) is 0 Å². The Morgan fingerprint density at radius 3 is 1.68 bits per heavy atom. The number of rotatable bonds is 8. The van der Waals surface area contributed by atoms with E-state index in [2.05, 4.69) is 20.8 Å². The Bertz CT molecular complexity index is 1060. The van der Waals surface area contributed by atoms with Gasteiger partial charge in [0.05, 0.1) is 11.4 Å². The summed E-state index contributed by atoms with van der Waals surface area (Å²) in [6, 6.07) is 30.7. The van der Waals surface area contributed by atoms with Gasteiger partial charge in [0, 0.05) is 0 Å². The summed E-state index contributed by atoms with van der Waals surface area (Å²) in [5, 5.41) is 0. The van der Waals surface area contributed by atoms with E-state index < -0.39 is 20.5 Å². The summed E-state index contributed by atoms with van der Waals surface area (Å²) < 4.78 is 6.65. The summed E-state index contributed by atoms with van der Waals surface area (Å²) in [7, 11) is -2.06. The van der Waals surface area contributed by atoms with E-state index in [1.807, 2.05) is 91.0 Å². The number of carbonyl (C=O) groups is 2. The Labute approximate surface area is 203 Å². The van der Waals surface area contributed by atoms with Crippen molar-refractivity contribution in [2.75, 3.05) is 4.90 Å².